The van der Waals surface area contributed by atoms with E-state index in [4.69, 9.17) is 4.74 Å². The molecule has 0 aliphatic rings. The van der Waals surface area contributed by atoms with E-state index < -0.39 is 17.6 Å². The zero-order valence-electron chi connectivity index (χ0n) is 11.2. The van der Waals surface area contributed by atoms with Crippen LogP contribution in [0.2, 0.25) is 0 Å². The predicted molar refractivity (Wildman–Crippen MR) is 71.5 cm³/mol. The van der Waals surface area contributed by atoms with Gasteiger partial charge in [-0.2, -0.15) is 0 Å². The van der Waals surface area contributed by atoms with E-state index in [0.717, 1.165) is 0 Å². The first-order chi connectivity index (χ1) is 8.13. The summed E-state index contributed by atoms with van der Waals surface area (Å²) in [4.78, 5) is 27.9. The van der Waals surface area contributed by atoms with Gasteiger partial charge in [-0.05, 0) is 50.5 Å². The number of carbonyl (C=O) groups excluding carboxylic acids is 1. The Balaban J connectivity index is 3.05. The lowest BCUT2D eigenvalue weighted by molar-refractivity contribution is -0.158. The highest BCUT2D eigenvalue weighted by Gasteiger charge is 2.24. The normalized spacial score (nSPS) is 13.2. The van der Waals surface area contributed by atoms with Gasteiger partial charge in [0, 0.05) is 0 Å². The van der Waals surface area contributed by atoms with Crippen molar-refractivity contribution in [3.8, 4) is 0 Å². The van der Waals surface area contributed by atoms with Crippen LogP contribution in [0.15, 0.2) is 15.6 Å². The van der Waals surface area contributed by atoms with Crippen molar-refractivity contribution in [2.24, 2.45) is 0 Å². The zero-order chi connectivity index (χ0) is 14.1. The first-order valence-corrected chi connectivity index (χ1v) is 6.39. The maximum absolute atomic E-state index is 12.0. The smallest absolute Gasteiger partial charge is 0.329 e. The summed E-state index contributed by atoms with van der Waals surface area (Å²) in [6, 6.07) is -0.707. The van der Waals surface area contributed by atoms with Crippen molar-refractivity contribution < 1.29 is 9.53 Å². The zero-order valence-corrected chi connectivity index (χ0v) is 12.7. The number of hydrogen-bond donors (Lipinski definition) is 0. The first-order valence-electron chi connectivity index (χ1n) is 5.59. The molecule has 6 heteroatoms. The summed E-state index contributed by atoms with van der Waals surface area (Å²) in [6.07, 6.45) is 1.36. The van der Waals surface area contributed by atoms with Gasteiger partial charge in [-0.1, -0.05) is 0 Å². The van der Waals surface area contributed by atoms with Crippen LogP contribution in [0.3, 0.4) is 0 Å². The van der Waals surface area contributed by atoms with Crippen molar-refractivity contribution in [3.05, 3.63) is 26.8 Å². The fourth-order valence-corrected chi connectivity index (χ4v) is 1.61. The van der Waals surface area contributed by atoms with Crippen molar-refractivity contribution >= 4 is 21.9 Å². The fourth-order valence-electron chi connectivity index (χ4n) is 1.30. The van der Waals surface area contributed by atoms with E-state index in [9.17, 15) is 9.59 Å². The molecule has 1 atom stereocenters. The molecular formula is C12H17BrN2O3. The van der Waals surface area contributed by atoms with Crippen molar-refractivity contribution in [1.29, 1.82) is 0 Å². The van der Waals surface area contributed by atoms with Crippen molar-refractivity contribution in [2.45, 2.75) is 46.3 Å². The third kappa shape index (κ3) is 3.41. The molecule has 1 aromatic heterocycles. The second kappa shape index (κ2) is 5.22. The molecule has 1 aromatic rings. The molecule has 5 nitrogen and oxygen atoms in total. The molecule has 0 bridgehead atoms. The van der Waals surface area contributed by atoms with E-state index in [2.05, 4.69) is 20.9 Å². The maximum atomic E-state index is 12.0. The van der Waals surface area contributed by atoms with Crippen LogP contribution in [-0.4, -0.2) is 21.1 Å². The lowest BCUT2D eigenvalue weighted by atomic mass is 10.2. The molecule has 1 rings (SSSR count). The minimum absolute atomic E-state index is 0.291. The second-order valence-electron chi connectivity index (χ2n) is 5.07. The van der Waals surface area contributed by atoms with Gasteiger partial charge in [-0.25, -0.2) is 9.78 Å². The second-order valence-corrected chi connectivity index (χ2v) is 5.86. The van der Waals surface area contributed by atoms with Gasteiger partial charge < -0.3 is 4.74 Å². The Morgan fingerprint density at radius 3 is 2.56 bits per heavy atom. The van der Waals surface area contributed by atoms with Crippen LogP contribution < -0.4 is 5.56 Å². The summed E-state index contributed by atoms with van der Waals surface area (Å²) in [6.45, 7) is 8.67. The molecule has 1 unspecified atom stereocenters. The van der Waals surface area contributed by atoms with Gasteiger partial charge in [-0.3, -0.25) is 9.36 Å². The summed E-state index contributed by atoms with van der Waals surface area (Å²) in [7, 11) is 0. The Labute approximate surface area is 114 Å². The highest BCUT2D eigenvalue weighted by molar-refractivity contribution is 9.10. The SMILES string of the molecule is Cc1ncn(C(C)C(=O)OC(C)(C)C)c(=O)c1Br. The molecule has 0 fully saturated rings. The van der Waals surface area contributed by atoms with Crippen LogP contribution in [0.5, 0.6) is 0 Å². The lowest BCUT2D eigenvalue weighted by Gasteiger charge is -2.23. The lowest BCUT2D eigenvalue weighted by Crippen LogP contribution is -2.34. The molecular weight excluding hydrogens is 300 g/mol. The number of nitrogens with zero attached hydrogens (tertiary/aromatic N) is 2. The third-order valence-corrected chi connectivity index (χ3v) is 3.19. The number of rotatable bonds is 2. The Kier molecular flexibility index (Phi) is 4.32. The predicted octanol–water partition coefficient (Wildman–Crippen LogP) is 2.22. The quantitative estimate of drug-likeness (QED) is 0.785. The van der Waals surface area contributed by atoms with Gasteiger partial charge in [0.05, 0.1) is 12.0 Å². The van der Waals surface area contributed by atoms with Crippen LogP contribution in [0.1, 0.15) is 39.4 Å². The Morgan fingerprint density at radius 1 is 1.50 bits per heavy atom. The number of halogens is 1. The minimum atomic E-state index is -0.707. The van der Waals surface area contributed by atoms with Crippen molar-refractivity contribution in [1.82, 2.24) is 9.55 Å². The molecule has 0 N–H and O–H groups in total. The van der Waals surface area contributed by atoms with Gasteiger partial charge in [-0.15, -0.1) is 0 Å². The van der Waals surface area contributed by atoms with E-state index in [1.165, 1.54) is 10.9 Å². The van der Waals surface area contributed by atoms with Gasteiger partial charge >= 0.3 is 5.97 Å². The van der Waals surface area contributed by atoms with Gasteiger partial charge in [0.2, 0.25) is 0 Å². The first kappa shape index (κ1) is 14.9. The van der Waals surface area contributed by atoms with Crippen LogP contribution in [0, 0.1) is 6.92 Å². The van der Waals surface area contributed by atoms with E-state index in [0.29, 0.717) is 10.2 Å². The highest BCUT2D eigenvalue weighted by atomic mass is 79.9. The third-order valence-electron chi connectivity index (χ3n) is 2.28. The van der Waals surface area contributed by atoms with Gasteiger partial charge in [0.15, 0.2) is 0 Å². The van der Waals surface area contributed by atoms with Crippen molar-refractivity contribution in [3.63, 3.8) is 0 Å². The van der Waals surface area contributed by atoms with E-state index in [-0.39, 0.29) is 5.56 Å². The molecule has 0 saturated carbocycles. The van der Waals surface area contributed by atoms with E-state index in [1.807, 2.05) is 0 Å². The molecule has 100 valence electrons. The average Bonchev–Trinajstić information content (AvgIpc) is 2.23. The topological polar surface area (TPSA) is 61.2 Å². The highest BCUT2D eigenvalue weighted by Crippen LogP contribution is 2.15. The summed E-state index contributed by atoms with van der Waals surface area (Å²) in [5, 5.41) is 0. The molecule has 0 radical (unpaired) electrons. The largest absolute Gasteiger partial charge is 0.458 e. The molecule has 0 spiro atoms. The summed E-state index contributed by atoms with van der Waals surface area (Å²) in [5.74, 6) is -0.456. The minimum Gasteiger partial charge on any atom is -0.458 e. The van der Waals surface area contributed by atoms with Crippen molar-refractivity contribution in [2.75, 3.05) is 0 Å². The number of carbonyl (C=O) groups is 1. The summed E-state index contributed by atoms with van der Waals surface area (Å²) < 4.78 is 6.85. The van der Waals surface area contributed by atoms with Crippen LogP contribution in [0.25, 0.3) is 0 Å². The van der Waals surface area contributed by atoms with Crippen LogP contribution in [-0.2, 0) is 9.53 Å². The van der Waals surface area contributed by atoms with Gasteiger partial charge in [0.1, 0.15) is 16.1 Å². The van der Waals surface area contributed by atoms with E-state index >= 15 is 0 Å². The number of hydrogen-bond acceptors (Lipinski definition) is 4. The number of ether oxygens (including phenoxy) is 1. The molecule has 18 heavy (non-hydrogen) atoms. The standard InChI is InChI=1S/C12H17BrN2O3/c1-7-9(13)10(16)15(6-14-7)8(2)11(17)18-12(3,4)5/h6,8H,1-5H3. The summed E-state index contributed by atoms with van der Waals surface area (Å²) in [5.41, 5.74) is -0.280. The Hall–Kier alpha value is -1.17. The average molecular weight is 317 g/mol. The molecule has 1 heterocycles. The van der Waals surface area contributed by atoms with Gasteiger partial charge in [0.25, 0.3) is 5.56 Å². The molecule has 0 aliphatic heterocycles. The molecule has 0 aliphatic carbocycles. The fraction of sp³-hybridized carbons (Fsp3) is 0.583. The molecule has 0 amide bonds. The number of aryl methyl sites for hydroxylation is 1. The summed E-state index contributed by atoms with van der Waals surface area (Å²) >= 11 is 3.16. The monoisotopic (exact) mass is 316 g/mol. The Morgan fingerprint density at radius 2 is 2.06 bits per heavy atom. The number of aromatic nitrogens is 2. The molecule has 0 saturated heterocycles. The maximum Gasteiger partial charge on any atom is 0.329 e. The van der Waals surface area contributed by atoms with Crippen LogP contribution >= 0.6 is 15.9 Å². The number of esters is 1. The van der Waals surface area contributed by atoms with Crippen LogP contribution in [0.4, 0.5) is 0 Å². The van der Waals surface area contributed by atoms with E-state index in [1.54, 1.807) is 34.6 Å². The Bertz CT molecular complexity index is 517. The molecule has 0 aromatic carbocycles.